The van der Waals surface area contributed by atoms with Gasteiger partial charge in [-0.2, -0.15) is 5.10 Å². The van der Waals surface area contributed by atoms with Crippen LogP contribution in [0, 0.1) is 0 Å². The molecule has 0 bridgehead atoms. The van der Waals surface area contributed by atoms with Gasteiger partial charge in [0.05, 0.1) is 35.1 Å². The van der Waals surface area contributed by atoms with Gasteiger partial charge in [-0.15, -0.1) is 0 Å². The molecule has 27 heavy (non-hydrogen) atoms. The van der Waals surface area contributed by atoms with Crippen LogP contribution in [-0.2, 0) is 4.84 Å². The lowest BCUT2D eigenvalue weighted by Crippen LogP contribution is -2.26. The van der Waals surface area contributed by atoms with Crippen LogP contribution in [0.2, 0.25) is 10.0 Å². The fraction of sp³-hybridized carbons (Fsp3) is 0.158. The Morgan fingerprint density at radius 3 is 2.67 bits per heavy atom. The molecule has 1 heterocycles. The van der Waals surface area contributed by atoms with Crippen LogP contribution in [0.4, 0.5) is 0 Å². The summed E-state index contributed by atoms with van der Waals surface area (Å²) in [5.41, 5.74) is 4.68. The molecule has 6 nitrogen and oxygen atoms in total. The van der Waals surface area contributed by atoms with E-state index in [1.54, 1.807) is 38.3 Å². The molecule has 0 aliphatic carbocycles. The first kappa shape index (κ1) is 19.2. The average molecular weight is 406 g/mol. The fourth-order valence-electron chi connectivity index (χ4n) is 2.47. The number of aromatic nitrogens is 2. The predicted octanol–water partition coefficient (Wildman–Crippen LogP) is 4.54. The number of benzene rings is 2. The molecule has 140 valence electrons. The Labute approximate surface area is 166 Å². The van der Waals surface area contributed by atoms with Crippen LogP contribution in [0.15, 0.2) is 48.5 Å². The number of halogens is 2. The molecule has 1 amide bonds. The molecule has 1 N–H and O–H groups in total. The monoisotopic (exact) mass is 405 g/mol. The van der Waals surface area contributed by atoms with Gasteiger partial charge in [0.15, 0.2) is 0 Å². The van der Waals surface area contributed by atoms with E-state index in [4.69, 9.17) is 32.8 Å². The summed E-state index contributed by atoms with van der Waals surface area (Å²) in [5, 5.41) is 5.35. The molecule has 0 aliphatic rings. The SMILES string of the molecule is CCONC(=O)c1cc(-c2cccc(OC)c2)nn1-c1ccc(Cl)c(Cl)c1. The Morgan fingerprint density at radius 1 is 1.15 bits per heavy atom. The molecule has 1 aromatic heterocycles. The first-order chi connectivity index (χ1) is 13.0. The minimum Gasteiger partial charge on any atom is -0.497 e. The third kappa shape index (κ3) is 4.24. The fourth-order valence-corrected chi connectivity index (χ4v) is 2.76. The van der Waals surface area contributed by atoms with E-state index in [1.807, 2.05) is 24.3 Å². The maximum atomic E-state index is 12.5. The van der Waals surface area contributed by atoms with Gasteiger partial charge in [0, 0.05) is 5.56 Å². The lowest BCUT2D eigenvalue weighted by Gasteiger charge is -2.08. The zero-order valence-corrected chi connectivity index (χ0v) is 16.2. The highest BCUT2D eigenvalue weighted by Gasteiger charge is 2.18. The minimum atomic E-state index is -0.426. The van der Waals surface area contributed by atoms with E-state index >= 15 is 0 Å². The average Bonchev–Trinajstić information content (AvgIpc) is 3.14. The van der Waals surface area contributed by atoms with Crippen molar-refractivity contribution in [2.75, 3.05) is 13.7 Å². The normalized spacial score (nSPS) is 10.7. The third-order valence-corrected chi connectivity index (χ3v) is 4.50. The lowest BCUT2D eigenvalue weighted by molar-refractivity contribution is 0.0357. The van der Waals surface area contributed by atoms with Crippen molar-refractivity contribution in [3.63, 3.8) is 0 Å². The van der Waals surface area contributed by atoms with Crippen molar-refractivity contribution < 1.29 is 14.4 Å². The van der Waals surface area contributed by atoms with Gasteiger partial charge in [-0.3, -0.25) is 9.63 Å². The van der Waals surface area contributed by atoms with Gasteiger partial charge >= 0.3 is 0 Å². The Morgan fingerprint density at radius 2 is 1.96 bits per heavy atom. The number of methoxy groups -OCH3 is 1. The van der Waals surface area contributed by atoms with Crippen molar-refractivity contribution >= 4 is 29.1 Å². The van der Waals surface area contributed by atoms with Crippen molar-refractivity contribution in [1.29, 1.82) is 0 Å². The molecule has 0 radical (unpaired) electrons. The molecule has 0 unspecified atom stereocenters. The summed E-state index contributed by atoms with van der Waals surface area (Å²) in [4.78, 5) is 17.6. The Kier molecular flexibility index (Phi) is 6.01. The van der Waals surface area contributed by atoms with E-state index in [0.717, 1.165) is 5.56 Å². The summed E-state index contributed by atoms with van der Waals surface area (Å²) in [5.74, 6) is 0.265. The third-order valence-electron chi connectivity index (χ3n) is 3.76. The molecule has 0 saturated heterocycles. The van der Waals surface area contributed by atoms with Gasteiger partial charge in [-0.25, -0.2) is 10.2 Å². The highest BCUT2D eigenvalue weighted by Crippen LogP contribution is 2.28. The molecule has 0 spiro atoms. The van der Waals surface area contributed by atoms with Crippen molar-refractivity contribution in [1.82, 2.24) is 15.3 Å². The Bertz CT molecular complexity index is 973. The predicted molar refractivity (Wildman–Crippen MR) is 105 cm³/mol. The molecule has 0 saturated carbocycles. The van der Waals surface area contributed by atoms with Gasteiger partial charge in [0.2, 0.25) is 0 Å². The maximum absolute atomic E-state index is 12.5. The molecular weight excluding hydrogens is 389 g/mol. The summed E-state index contributed by atoms with van der Waals surface area (Å²) in [7, 11) is 1.59. The summed E-state index contributed by atoms with van der Waals surface area (Å²) in [6, 6.07) is 14.1. The van der Waals surface area contributed by atoms with E-state index in [-0.39, 0.29) is 0 Å². The van der Waals surface area contributed by atoms with Gasteiger partial charge in [-0.1, -0.05) is 35.3 Å². The van der Waals surface area contributed by atoms with E-state index in [2.05, 4.69) is 10.6 Å². The smallest absolute Gasteiger partial charge is 0.293 e. The maximum Gasteiger partial charge on any atom is 0.293 e. The van der Waals surface area contributed by atoms with E-state index in [0.29, 0.717) is 39.5 Å². The second-order valence-electron chi connectivity index (χ2n) is 5.52. The number of hydrogen-bond donors (Lipinski definition) is 1. The summed E-state index contributed by atoms with van der Waals surface area (Å²) < 4.78 is 6.75. The van der Waals surface area contributed by atoms with Crippen molar-refractivity contribution in [3.05, 3.63) is 64.3 Å². The number of carbonyl (C=O) groups is 1. The van der Waals surface area contributed by atoms with E-state index in [9.17, 15) is 4.79 Å². The van der Waals surface area contributed by atoms with Crippen molar-refractivity contribution in [3.8, 4) is 22.7 Å². The van der Waals surface area contributed by atoms with Gasteiger partial charge in [0.1, 0.15) is 11.4 Å². The number of rotatable bonds is 6. The molecule has 2 aromatic carbocycles. The zero-order valence-electron chi connectivity index (χ0n) is 14.7. The summed E-state index contributed by atoms with van der Waals surface area (Å²) >= 11 is 12.1. The largest absolute Gasteiger partial charge is 0.497 e. The van der Waals surface area contributed by atoms with Crippen LogP contribution >= 0.6 is 23.2 Å². The number of hydroxylamine groups is 1. The second kappa shape index (κ2) is 8.43. The topological polar surface area (TPSA) is 65.4 Å². The molecule has 0 aliphatic heterocycles. The van der Waals surface area contributed by atoms with Gasteiger partial charge < -0.3 is 4.74 Å². The molecule has 0 fully saturated rings. The second-order valence-corrected chi connectivity index (χ2v) is 6.34. The molecule has 0 atom stereocenters. The highest BCUT2D eigenvalue weighted by molar-refractivity contribution is 6.42. The zero-order chi connectivity index (χ0) is 19.4. The summed E-state index contributed by atoms with van der Waals surface area (Å²) in [6.07, 6.45) is 0. The lowest BCUT2D eigenvalue weighted by atomic mass is 10.1. The minimum absolute atomic E-state index is 0.291. The number of nitrogens with one attached hydrogen (secondary N) is 1. The van der Waals surface area contributed by atoms with E-state index in [1.165, 1.54) is 4.68 Å². The number of nitrogens with zero attached hydrogens (tertiary/aromatic N) is 2. The van der Waals surface area contributed by atoms with Crippen LogP contribution in [0.1, 0.15) is 17.4 Å². The molecule has 8 heteroatoms. The van der Waals surface area contributed by atoms with Crippen molar-refractivity contribution in [2.45, 2.75) is 6.92 Å². The van der Waals surface area contributed by atoms with E-state index < -0.39 is 5.91 Å². The summed E-state index contributed by atoms with van der Waals surface area (Å²) in [6.45, 7) is 2.12. The first-order valence-electron chi connectivity index (χ1n) is 8.15. The number of ether oxygens (including phenoxy) is 1. The van der Waals surface area contributed by atoms with Gasteiger partial charge in [0.25, 0.3) is 5.91 Å². The number of amides is 1. The van der Waals surface area contributed by atoms with Crippen LogP contribution in [0.25, 0.3) is 16.9 Å². The van der Waals surface area contributed by atoms with Gasteiger partial charge in [-0.05, 0) is 43.3 Å². The standard InChI is InChI=1S/C19H17Cl2N3O3/c1-3-27-23-19(25)18-11-17(12-5-4-6-14(9-12)26-2)22-24(18)13-7-8-15(20)16(21)10-13/h4-11H,3H2,1-2H3,(H,23,25). The number of carbonyl (C=O) groups excluding carboxylic acids is 1. The Hall–Kier alpha value is -2.54. The molecule has 3 aromatic rings. The quantitative estimate of drug-likeness (QED) is 0.611. The Balaban J connectivity index is 2.10. The highest BCUT2D eigenvalue weighted by atomic mass is 35.5. The van der Waals surface area contributed by atoms with Crippen molar-refractivity contribution in [2.24, 2.45) is 0 Å². The molecular formula is C19H17Cl2N3O3. The van der Waals surface area contributed by atoms with Crippen LogP contribution < -0.4 is 10.2 Å². The van der Waals surface area contributed by atoms with Crippen LogP contribution in [0.3, 0.4) is 0 Å². The number of hydrogen-bond acceptors (Lipinski definition) is 4. The van der Waals surface area contributed by atoms with Crippen LogP contribution in [0.5, 0.6) is 5.75 Å². The molecule has 3 rings (SSSR count). The first-order valence-corrected chi connectivity index (χ1v) is 8.91. The van der Waals surface area contributed by atoms with Crippen LogP contribution in [-0.4, -0.2) is 29.4 Å².